The summed E-state index contributed by atoms with van der Waals surface area (Å²) in [6.45, 7) is 9.02. The molecule has 0 saturated carbocycles. The summed E-state index contributed by atoms with van der Waals surface area (Å²) < 4.78 is 12.4. The van der Waals surface area contributed by atoms with Gasteiger partial charge in [0.15, 0.2) is 11.5 Å². The minimum atomic E-state index is -0.195. The number of amides is 2. The predicted molar refractivity (Wildman–Crippen MR) is 137 cm³/mol. The first kappa shape index (κ1) is 25.6. The number of para-hydroxylation sites is 2. The van der Waals surface area contributed by atoms with E-state index in [0.29, 0.717) is 49.5 Å². The van der Waals surface area contributed by atoms with Crippen LogP contribution in [-0.4, -0.2) is 60.1 Å². The van der Waals surface area contributed by atoms with Crippen molar-refractivity contribution in [3.8, 4) is 11.5 Å². The molecule has 8 heteroatoms. The van der Waals surface area contributed by atoms with Gasteiger partial charge in [0.2, 0.25) is 5.91 Å². The molecule has 2 aromatic carbocycles. The van der Waals surface area contributed by atoms with Crippen LogP contribution in [0.15, 0.2) is 67.8 Å². The van der Waals surface area contributed by atoms with Gasteiger partial charge in [-0.05, 0) is 36.8 Å². The fourth-order valence-electron chi connectivity index (χ4n) is 3.85. The molecule has 0 bridgehead atoms. The highest BCUT2D eigenvalue weighted by atomic mass is 16.5. The van der Waals surface area contributed by atoms with Gasteiger partial charge in [-0.2, -0.15) is 0 Å². The number of rotatable bonds is 13. The predicted octanol–water partition coefficient (Wildman–Crippen LogP) is 3.62. The first-order valence-electron chi connectivity index (χ1n) is 11.5. The summed E-state index contributed by atoms with van der Waals surface area (Å²) in [5.74, 6) is 1.64. The largest absolute Gasteiger partial charge is 0.493 e. The Balaban J connectivity index is 1.67. The van der Waals surface area contributed by atoms with Gasteiger partial charge in [0, 0.05) is 31.6 Å². The number of carbonyl (C=O) groups is 2. The molecule has 0 aliphatic carbocycles. The maximum absolute atomic E-state index is 13.0. The number of nitrogens with one attached hydrogen (secondary N) is 1. The molecule has 2 amide bonds. The molecular formula is C27H32N4O4. The number of imidazole rings is 1. The highest BCUT2D eigenvalue weighted by Gasteiger charge is 2.17. The second kappa shape index (κ2) is 12.4. The van der Waals surface area contributed by atoms with E-state index in [0.717, 1.165) is 16.9 Å². The van der Waals surface area contributed by atoms with Crippen molar-refractivity contribution in [1.82, 2.24) is 19.8 Å². The number of aromatic nitrogens is 2. The minimum Gasteiger partial charge on any atom is -0.493 e. The van der Waals surface area contributed by atoms with Gasteiger partial charge in [0.1, 0.15) is 12.4 Å². The fraction of sp³-hybridized carbons (Fsp3) is 0.296. The maximum Gasteiger partial charge on any atom is 0.251 e. The number of nitrogens with zero attached hydrogens (tertiary/aromatic N) is 3. The summed E-state index contributed by atoms with van der Waals surface area (Å²) in [5.41, 5.74) is 2.23. The van der Waals surface area contributed by atoms with Crippen LogP contribution in [0.2, 0.25) is 0 Å². The van der Waals surface area contributed by atoms with E-state index < -0.39 is 0 Å². The van der Waals surface area contributed by atoms with Gasteiger partial charge < -0.3 is 24.3 Å². The third-order valence-electron chi connectivity index (χ3n) is 5.59. The second-order valence-electron chi connectivity index (χ2n) is 7.91. The monoisotopic (exact) mass is 476 g/mol. The van der Waals surface area contributed by atoms with Crippen LogP contribution in [-0.2, 0) is 17.8 Å². The number of methoxy groups -OCH3 is 2. The van der Waals surface area contributed by atoms with Crippen LogP contribution >= 0.6 is 0 Å². The van der Waals surface area contributed by atoms with Crippen LogP contribution in [0.3, 0.4) is 0 Å². The fourth-order valence-corrected chi connectivity index (χ4v) is 3.85. The van der Waals surface area contributed by atoms with Crippen molar-refractivity contribution in [1.29, 1.82) is 0 Å². The van der Waals surface area contributed by atoms with Gasteiger partial charge in [-0.25, -0.2) is 4.98 Å². The van der Waals surface area contributed by atoms with Crippen molar-refractivity contribution >= 4 is 22.8 Å². The van der Waals surface area contributed by atoms with Crippen LogP contribution in [0.25, 0.3) is 11.0 Å². The molecule has 0 fully saturated rings. The summed E-state index contributed by atoms with van der Waals surface area (Å²) >= 11 is 0. The molecule has 0 spiro atoms. The standard InChI is InChI=1S/C27H32N4O4/c1-5-16-30(17-6-2)26(32)19-31-22-11-8-7-10-21(22)29-25(31)12-9-15-28-27(33)20-13-14-23(34-3)24(18-20)35-4/h5-8,10-11,13-14,18H,1-2,9,12,15-17,19H2,3-4H3,(H,28,33). The van der Waals surface area contributed by atoms with E-state index in [1.165, 1.54) is 7.11 Å². The van der Waals surface area contributed by atoms with Crippen LogP contribution in [0.5, 0.6) is 11.5 Å². The number of benzene rings is 2. The Labute approximate surface area is 205 Å². The quantitative estimate of drug-likeness (QED) is 0.301. The van der Waals surface area contributed by atoms with E-state index in [2.05, 4.69) is 18.5 Å². The summed E-state index contributed by atoms with van der Waals surface area (Å²) in [7, 11) is 3.08. The van der Waals surface area contributed by atoms with E-state index in [1.807, 2.05) is 28.8 Å². The topological polar surface area (TPSA) is 85.7 Å². The van der Waals surface area contributed by atoms with Crippen LogP contribution < -0.4 is 14.8 Å². The normalized spacial score (nSPS) is 10.6. The Hall–Kier alpha value is -4.07. The van der Waals surface area contributed by atoms with Crippen molar-refractivity contribution in [2.45, 2.75) is 19.4 Å². The van der Waals surface area contributed by atoms with Gasteiger partial charge >= 0.3 is 0 Å². The van der Waals surface area contributed by atoms with Crippen LogP contribution in [0, 0.1) is 0 Å². The zero-order valence-electron chi connectivity index (χ0n) is 20.3. The molecule has 35 heavy (non-hydrogen) atoms. The van der Waals surface area contributed by atoms with Crippen molar-refractivity contribution < 1.29 is 19.1 Å². The molecule has 1 N–H and O–H groups in total. The lowest BCUT2D eigenvalue weighted by Crippen LogP contribution is -2.34. The molecule has 0 atom stereocenters. The van der Waals surface area contributed by atoms with E-state index >= 15 is 0 Å². The smallest absolute Gasteiger partial charge is 0.251 e. The number of aryl methyl sites for hydroxylation is 1. The molecule has 0 radical (unpaired) electrons. The molecule has 3 aromatic rings. The van der Waals surface area contributed by atoms with Gasteiger partial charge in [-0.15, -0.1) is 13.2 Å². The highest BCUT2D eigenvalue weighted by Crippen LogP contribution is 2.27. The maximum atomic E-state index is 13.0. The van der Waals surface area contributed by atoms with Crippen LogP contribution in [0.1, 0.15) is 22.6 Å². The first-order chi connectivity index (χ1) is 17.0. The van der Waals surface area contributed by atoms with E-state index in [1.54, 1.807) is 42.4 Å². The van der Waals surface area contributed by atoms with Gasteiger partial charge in [-0.3, -0.25) is 9.59 Å². The summed E-state index contributed by atoms with van der Waals surface area (Å²) in [4.78, 5) is 32.0. The first-order valence-corrected chi connectivity index (χ1v) is 11.5. The lowest BCUT2D eigenvalue weighted by atomic mass is 10.2. The molecule has 0 unspecified atom stereocenters. The molecular weight excluding hydrogens is 444 g/mol. The van der Waals surface area contributed by atoms with Crippen molar-refractivity contribution in [3.63, 3.8) is 0 Å². The number of hydrogen-bond donors (Lipinski definition) is 1. The van der Waals surface area contributed by atoms with Crippen molar-refractivity contribution in [2.75, 3.05) is 33.9 Å². The SMILES string of the molecule is C=CCN(CC=C)C(=O)Cn1c(CCCNC(=O)c2ccc(OC)c(OC)c2)nc2ccccc21. The number of ether oxygens (including phenoxy) is 2. The summed E-state index contributed by atoms with van der Waals surface area (Å²) in [6, 6.07) is 12.8. The van der Waals surface area contributed by atoms with Crippen molar-refractivity contribution in [3.05, 3.63) is 79.2 Å². The third kappa shape index (κ3) is 6.29. The van der Waals surface area contributed by atoms with E-state index in [-0.39, 0.29) is 18.4 Å². The Morgan fingerprint density at radius 3 is 2.46 bits per heavy atom. The summed E-state index contributed by atoms with van der Waals surface area (Å²) in [5, 5.41) is 2.93. The minimum absolute atomic E-state index is 0.0315. The average Bonchev–Trinajstić information content (AvgIpc) is 3.22. The lowest BCUT2D eigenvalue weighted by Gasteiger charge is -2.20. The molecule has 1 heterocycles. The molecule has 3 rings (SSSR count). The lowest BCUT2D eigenvalue weighted by molar-refractivity contribution is -0.130. The molecule has 0 aliphatic heterocycles. The van der Waals surface area contributed by atoms with Gasteiger partial charge in [0.25, 0.3) is 5.91 Å². The number of hydrogen-bond acceptors (Lipinski definition) is 5. The number of carbonyl (C=O) groups excluding carboxylic acids is 2. The molecule has 8 nitrogen and oxygen atoms in total. The van der Waals surface area contributed by atoms with Gasteiger partial charge in [0.05, 0.1) is 25.3 Å². The van der Waals surface area contributed by atoms with Crippen molar-refractivity contribution in [2.24, 2.45) is 0 Å². The molecule has 184 valence electrons. The van der Waals surface area contributed by atoms with Crippen LogP contribution in [0.4, 0.5) is 0 Å². The molecule has 0 saturated heterocycles. The summed E-state index contributed by atoms with van der Waals surface area (Å²) in [6.07, 6.45) is 4.68. The average molecular weight is 477 g/mol. The Bertz CT molecular complexity index is 1190. The zero-order valence-corrected chi connectivity index (χ0v) is 20.3. The molecule has 0 aliphatic rings. The van der Waals surface area contributed by atoms with Gasteiger partial charge in [-0.1, -0.05) is 24.3 Å². The van der Waals surface area contributed by atoms with E-state index in [9.17, 15) is 9.59 Å². The Kier molecular flexibility index (Phi) is 9.06. The number of fused-ring (bicyclic) bond motifs is 1. The van der Waals surface area contributed by atoms with E-state index in [4.69, 9.17) is 14.5 Å². The highest BCUT2D eigenvalue weighted by molar-refractivity contribution is 5.94. The third-order valence-corrected chi connectivity index (χ3v) is 5.59. The Morgan fingerprint density at radius 1 is 1.06 bits per heavy atom. The zero-order chi connectivity index (χ0) is 25.2. The second-order valence-corrected chi connectivity index (χ2v) is 7.91. The Morgan fingerprint density at radius 2 is 1.77 bits per heavy atom. The molecule has 1 aromatic heterocycles.